The normalized spacial score (nSPS) is 12.6. The maximum absolute atomic E-state index is 13.3. The lowest BCUT2D eigenvalue weighted by Crippen LogP contribution is -2.22. The monoisotopic (exact) mass is 278 g/mol. The minimum absolute atomic E-state index is 0.185. The van der Waals surface area contributed by atoms with Crippen LogP contribution < -0.4 is 4.90 Å². The van der Waals surface area contributed by atoms with E-state index in [1.54, 1.807) is 11.9 Å². The van der Waals surface area contributed by atoms with Gasteiger partial charge in [-0.25, -0.2) is 13.8 Å². The van der Waals surface area contributed by atoms with Crippen LogP contribution >= 0.6 is 15.9 Å². The lowest BCUT2D eigenvalue weighted by atomic mass is 10.3. The minimum Gasteiger partial charge on any atom is -0.357 e. The van der Waals surface area contributed by atoms with Crippen molar-refractivity contribution in [3.63, 3.8) is 0 Å². The number of anilines is 1. The molecular weight excluding hydrogens is 266 g/mol. The Bertz CT molecular complexity index is 331. The highest BCUT2D eigenvalue weighted by Crippen LogP contribution is 2.16. The van der Waals surface area contributed by atoms with Crippen LogP contribution in [0.5, 0.6) is 0 Å². The van der Waals surface area contributed by atoms with E-state index < -0.39 is 11.6 Å². The zero-order valence-corrected chi connectivity index (χ0v) is 10.3. The molecule has 0 bridgehead atoms. The summed E-state index contributed by atoms with van der Waals surface area (Å²) in [5, 5.41) is 0. The molecule has 0 aliphatic rings. The number of hydrogen-bond donors (Lipinski definition) is 0. The van der Waals surface area contributed by atoms with Gasteiger partial charge in [-0.15, -0.1) is 0 Å². The van der Waals surface area contributed by atoms with Crippen LogP contribution in [0.4, 0.5) is 14.6 Å². The third kappa shape index (κ3) is 3.74. The van der Waals surface area contributed by atoms with Crippen LogP contribution in [-0.2, 0) is 0 Å². The third-order valence-corrected chi connectivity index (χ3v) is 2.47. The summed E-state index contributed by atoms with van der Waals surface area (Å²) in [5.41, 5.74) is 0. The SMILES string of the molecule is CC(Br)CCN(C)c1ncc(F)cc1F. The Kier molecular flexibility index (Phi) is 4.45. The molecule has 84 valence electrons. The van der Waals surface area contributed by atoms with Crippen molar-refractivity contribution < 1.29 is 8.78 Å². The largest absolute Gasteiger partial charge is 0.357 e. The number of nitrogens with zero attached hydrogens (tertiary/aromatic N) is 2. The van der Waals surface area contributed by atoms with Crippen LogP contribution in [0, 0.1) is 11.6 Å². The molecule has 1 unspecified atom stereocenters. The molecule has 2 nitrogen and oxygen atoms in total. The zero-order chi connectivity index (χ0) is 11.4. The molecule has 0 aliphatic carbocycles. The first-order valence-electron chi connectivity index (χ1n) is 4.67. The van der Waals surface area contributed by atoms with Crippen LogP contribution in [0.15, 0.2) is 12.3 Å². The van der Waals surface area contributed by atoms with Gasteiger partial charge < -0.3 is 4.90 Å². The molecule has 0 radical (unpaired) electrons. The van der Waals surface area contributed by atoms with Gasteiger partial charge in [-0.05, 0) is 6.42 Å². The first-order valence-corrected chi connectivity index (χ1v) is 5.58. The van der Waals surface area contributed by atoms with Crippen molar-refractivity contribution in [2.75, 3.05) is 18.5 Å². The summed E-state index contributed by atoms with van der Waals surface area (Å²) in [4.78, 5) is 5.75. The van der Waals surface area contributed by atoms with E-state index in [4.69, 9.17) is 0 Å². The van der Waals surface area contributed by atoms with Gasteiger partial charge >= 0.3 is 0 Å². The van der Waals surface area contributed by atoms with E-state index in [-0.39, 0.29) is 5.82 Å². The van der Waals surface area contributed by atoms with E-state index in [1.807, 2.05) is 6.92 Å². The fraction of sp³-hybridized carbons (Fsp3) is 0.500. The summed E-state index contributed by atoms with van der Waals surface area (Å²) in [7, 11) is 1.73. The van der Waals surface area contributed by atoms with E-state index in [9.17, 15) is 8.78 Å². The third-order valence-electron chi connectivity index (χ3n) is 2.01. The molecule has 0 amide bonds. The second-order valence-electron chi connectivity index (χ2n) is 3.45. The first kappa shape index (κ1) is 12.4. The number of halogens is 3. The maximum Gasteiger partial charge on any atom is 0.168 e. The lowest BCUT2D eigenvalue weighted by molar-refractivity contribution is 0.569. The summed E-state index contributed by atoms with van der Waals surface area (Å²) >= 11 is 3.40. The van der Waals surface area contributed by atoms with E-state index in [0.29, 0.717) is 11.4 Å². The zero-order valence-electron chi connectivity index (χ0n) is 8.67. The fourth-order valence-corrected chi connectivity index (χ4v) is 1.37. The van der Waals surface area contributed by atoms with Gasteiger partial charge in [0.1, 0.15) is 5.82 Å². The Morgan fingerprint density at radius 2 is 2.20 bits per heavy atom. The van der Waals surface area contributed by atoms with Gasteiger partial charge in [0.2, 0.25) is 0 Å². The predicted octanol–water partition coefficient (Wildman–Crippen LogP) is 2.97. The molecule has 1 heterocycles. The van der Waals surface area contributed by atoms with E-state index in [0.717, 1.165) is 18.7 Å². The molecule has 0 saturated carbocycles. The first-order chi connectivity index (χ1) is 7.00. The van der Waals surface area contributed by atoms with Gasteiger partial charge in [-0.2, -0.15) is 0 Å². The molecule has 0 fully saturated rings. The Hall–Kier alpha value is -0.710. The topological polar surface area (TPSA) is 16.1 Å². The quantitative estimate of drug-likeness (QED) is 0.788. The summed E-state index contributed by atoms with van der Waals surface area (Å²) < 4.78 is 25.9. The Morgan fingerprint density at radius 1 is 1.53 bits per heavy atom. The van der Waals surface area contributed by atoms with Crippen LogP contribution in [0.2, 0.25) is 0 Å². The molecule has 15 heavy (non-hydrogen) atoms. The average Bonchev–Trinajstić information content (AvgIpc) is 2.14. The Labute approximate surface area is 96.4 Å². The van der Waals surface area contributed by atoms with Gasteiger partial charge in [0.05, 0.1) is 6.20 Å². The van der Waals surface area contributed by atoms with Crippen LogP contribution in [-0.4, -0.2) is 23.4 Å². The maximum atomic E-state index is 13.3. The van der Waals surface area contributed by atoms with Crippen molar-refractivity contribution >= 4 is 21.7 Å². The molecule has 1 aromatic rings. The summed E-state index contributed by atoms with van der Waals surface area (Å²) in [6.07, 6.45) is 1.89. The number of rotatable bonds is 4. The molecule has 5 heteroatoms. The molecule has 1 aromatic heterocycles. The molecular formula is C10H13BrF2N2. The highest BCUT2D eigenvalue weighted by molar-refractivity contribution is 9.09. The van der Waals surface area contributed by atoms with Crippen molar-refractivity contribution in [3.05, 3.63) is 23.9 Å². The van der Waals surface area contributed by atoms with Crippen molar-refractivity contribution in [1.82, 2.24) is 4.98 Å². The van der Waals surface area contributed by atoms with E-state index in [2.05, 4.69) is 20.9 Å². The molecule has 1 rings (SSSR count). The summed E-state index contributed by atoms with van der Waals surface area (Å²) in [5.74, 6) is -1.09. The second kappa shape index (κ2) is 5.39. The average molecular weight is 279 g/mol. The Balaban J connectivity index is 2.69. The van der Waals surface area contributed by atoms with Gasteiger partial charge in [-0.3, -0.25) is 0 Å². The lowest BCUT2D eigenvalue weighted by Gasteiger charge is -2.19. The van der Waals surface area contributed by atoms with E-state index in [1.165, 1.54) is 0 Å². The van der Waals surface area contributed by atoms with Gasteiger partial charge in [0.25, 0.3) is 0 Å². The molecule has 0 aromatic carbocycles. The van der Waals surface area contributed by atoms with E-state index >= 15 is 0 Å². The number of pyridine rings is 1. The van der Waals surface area contributed by atoms with Crippen molar-refractivity contribution in [2.24, 2.45) is 0 Å². The number of hydrogen-bond acceptors (Lipinski definition) is 2. The highest BCUT2D eigenvalue weighted by atomic mass is 79.9. The standard InChI is InChI=1S/C10H13BrF2N2/c1-7(11)3-4-15(2)10-9(13)5-8(12)6-14-10/h5-7H,3-4H2,1-2H3. The van der Waals surface area contributed by atoms with Gasteiger partial charge in [0, 0.05) is 24.5 Å². The number of alkyl halides is 1. The Morgan fingerprint density at radius 3 is 2.73 bits per heavy atom. The molecule has 0 N–H and O–H groups in total. The summed E-state index contributed by atoms with van der Waals surface area (Å²) in [6, 6.07) is 0.844. The van der Waals surface area contributed by atoms with Gasteiger partial charge in [-0.1, -0.05) is 22.9 Å². The minimum atomic E-state index is -0.654. The van der Waals surface area contributed by atoms with Crippen molar-refractivity contribution in [2.45, 2.75) is 18.2 Å². The van der Waals surface area contributed by atoms with Crippen molar-refractivity contribution in [3.8, 4) is 0 Å². The van der Waals surface area contributed by atoms with Gasteiger partial charge in [0.15, 0.2) is 11.6 Å². The molecule has 0 aliphatic heterocycles. The molecule has 1 atom stereocenters. The second-order valence-corrected chi connectivity index (χ2v) is 5.01. The van der Waals surface area contributed by atoms with Crippen LogP contribution in [0.1, 0.15) is 13.3 Å². The van der Waals surface area contributed by atoms with Crippen LogP contribution in [0.25, 0.3) is 0 Å². The molecule has 0 saturated heterocycles. The predicted molar refractivity (Wildman–Crippen MR) is 60.4 cm³/mol. The molecule has 0 spiro atoms. The van der Waals surface area contributed by atoms with Crippen molar-refractivity contribution in [1.29, 1.82) is 0 Å². The smallest absolute Gasteiger partial charge is 0.168 e. The van der Waals surface area contributed by atoms with Crippen LogP contribution in [0.3, 0.4) is 0 Å². The summed E-state index contributed by atoms with van der Waals surface area (Å²) in [6.45, 7) is 2.68. The fourth-order valence-electron chi connectivity index (χ4n) is 1.17. The number of aromatic nitrogens is 1. The highest BCUT2D eigenvalue weighted by Gasteiger charge is 2.10.